The number of ether oxygens (including phenoxy) is 6. The Labute approximate surface area is 180 Å². The van der Waals surface area contributed by atoms with Crippen LogP contribution in [0.5, 0.6) is 28.7 Å². The van der Waals surface area contributed by atoms with Crippen LogP contribution in [0.2, 0.25) is 0 Å². The Morgan fingerprint density at radius 3 is 2.35 bits per heavy atom. The Bertz CT molecular complexity index is 1040. The molecule has 0 aliphatic carbocycles. The van der Waals surface area contributed by atoms with Crippen LogP contribution < -0.4 is 23.7 Å². The summed E-state index contributed by atoms with van der Waals surface area (Å²) < 4.78 is 32.4. The number of hydrogen-bond donors (Lipinski definition) is 0. The van der Waals surface area contributed by atoms with Crippen molar-refractivity contribution in [3.05, 3.63) is 46.7 Å². The minimum absolute atomic E-state index is 0.131. The molecule has 8 heteroatoms. The van der Waals surface area contributed by atoms with E-state index in [1.54, 1.807) is 44.2 Å². The van der Waals surface area contributed by atoms with Crippen molar-refractivity contribution < 1.29 is 38.0 Å². The average molecular weight is 428 g/mol. The number of methoxy groups -OCH3 is 3. The lowest BCUT2D eigenvalue weighted by atomic mass is 10.1. The minimum atomic E-state index is -0.472. The predicted molar refractivity (Wildman–Crippen MR) is 112 cm³/mol. The number of fused-ring (bicyclic) bond motifs is 1. The lowest BCUT2D eigenvalue weighted by molar-refractivity contribution is -0.145. The van der Waals surface area contributed by atoms with Gasteiger partial charge in [0.15, 0.2) is 23.9 Å². The number of esters is 1. The number of ketones is 1. The highest BCUT2D eigenvalue weighted by atomic mass is 16.6. The van der Waals surface area contributed by atoms with Crippen molar-refractivity contribution in [1.82, 2.24) is 0 Å². The van der Waals surface area contributed by atoms with Crippen molar-refractivity contribution in [2.75, 3.05) is 34.5 Å². The van der Waals surface area contributed by atoms with Gasteiger partial charge in [0.05, 0.1) is 33.5 Å². The molecule has 164 valence electrons. The van der Waals surface area contributed by atoms with Gasteiger partial charge in [-0.25, -0.2) is 4.79 Å². The van der Waals surface area contributed by atoms with Crippen LogP contribution in [0, 0.1) is 6.92 Å². The maximum absolute atomic E-state index is 12.9. The molecular weight excluding hydrogens is 404 g/mol. The second-order valence-corrected chi connectivity index (χ2v) is 6.52. The van der Waals surface area contributed by atoms with E-state index >= 15 is 0 Å². The zero-order valence-electron chi connectivity index (χ0n) is 18.1. The number of hydrogen-bond acceptors (Lipinski definition) is 8. The van der Waals surface area contributed by atoms with Gasteiger partial charge in [-0.1, -0.05) is 0 Å². The zero-order chi connectivity index (χ0) is 22.5. The van der Waals surface area contributed by atoms with Gasteiger partial charge in [-0.15, -0.1) is 0 Å². The van der Waals surface area contributed by atoms with Crippen molar-refractivity contribution in [3.63, 3.8) is 0 Å². The molecule has 0 N–H and O–H groups in total. The molecule has 1 aliphatic heterocycles. The smallest absolute Gasteiger partial charge is 0.344 e. The zero-order valence-corrected chi connectivity index (χ0v) is 18.1. The van der Waals surface area contributed by atoms with Crippen molar-refractivity contribution in [2.24, 2.45) is 0 Å². The number of carbonyl (C=O) groups excluding carboxylic acids is 2. The number of carbonyl (C=O) groups is 2. The van der Waals surface area contributed by atoms with E-state index in [1.165, 1.54) is 21.3 Å². The minimum Gasteiger partial charge on any atom is -0.493 e. The van der Waals surface area contributed by atoms with E-state index in [0.717, 1.165) is 0 Å². The molecule has 1 aliphatic rings. The highest BCUT2D eigenvalue weighted by Gasteiger charge is 2.31. The molecular formula is C23H24O8. The SMILES string of the molecule is CCOC(=O)COc1ccc2c(c1C)O/C(=C\c1ccc(OC)c(OC)c1OC)C2=O. The van der Waals surface area contributed by atoms with Crippen LogP contribution in [0.3, 0.4) is 0 Å². The normalized spacial score (nSPS) is 13.5. The number of rotatable bonds is 8. The van der Waals surface area contributed by atoms with Crippen LogP contribution in [-0.2, 0) is 9.53 Å². The summed E-state index contributed by atoms with van der Waals surface area (Å²) >= 11 is 0. The summed E-state index contributed by atoms with van der Waals surface area (Å²) in [6, 6.07) is 6.70. The Hall–Kier alpha value is -3.68. The molecule has 0 spiro atoms. The van der Waals surface area contributed by atoms with Crippen LogP contribution >= 0.6 is 0 Å². The summed E-state index contributed by atoms with van der Waals surface area (Å²) in [6.07, 6.45) is 1.59. The van der Waals surface area contributed by atoms with Crippen LogP contribution in [0.4, 0.5) is 0 Å². The molecule has 0 saturated carbocycles. The second kappa shape index (κ2) is 9.42. The number of benzene rings is 2. The van der Waals surface area contributed by atoms with Crippen LogP contribution in [-0.4, -0.2) is 46.3 Å². The monoisotopic (exact) mass is 428 g/mol. The molecule has 2 aromatic rings. The van der Waals surface area contributed by atoms with Gasteiger partial charge in [-0.3, -0.25) is 4.79 Å². The molecule has 0 aromatic heterocycles. The average Bonchev–Trinajstić information content (AvgIpc) is 3.09. The topological polar surface area (TPSA) is 89.5 Å². The van der Waals surface area contributed by atoms with E-state index in [9.17, 15) is 9.59 Å². The van der Waals surface area contributed by atoms with Gasteiger partial charge >= 0.3 is 5.97 Å². The Balaban J connectivity index is 1.92. The van der Waals surface area contributed by atoms with Crippen LogP contribution in [0.15, 0.2) is 30.0 Å². The first-order valence-corrected chi connectivity index (χ1v) is 9.60. The van der Waals surface area contributed by atoms with Gasteiger partial charge in [-0.2, -0.15) is 0 Å². The van der Waals surface area contributed by atoms with Gasteiger partial charge in [-0.05, 0) is 44.2 Å². The quantitative estimate of drug-likeness (QED) is 0.466. The summed E-state index contributed by atoms with van der Waals surface area (Å²) in [6.45, 7) is 3.52. The third-order valence-corrected chi connectivity index (χ3v) is 4.71. The van der Waals surface area contributed by atoms with Gasteiger partial charge < -0.3 is 28.4 Å². The van der Waals surface area contributed by atoms with Gasteiger partial charge in [0.1, 0.15) is 11.5 Å². The fraction of sp³-hybridized carbons (Fsp3) is 0.304. The maximum Gasteiger partial charge on any atom is 0.344 e. The fourth-order valence-corrected chi connectivity index (χ4v) is 3.24. The molecule has 31 heavy (non-hydrogen) atoms. The van der Waals surface area contributed by atoms with Crippen molar-refractivity contribution >= 4 is 17.8 Å². The Morgan fingerprint density at radius 2 is 1.71 bits per heavy atom. The first kappa shape index (κ1) is 22.0. The van der Waals surface area contributed by atoms with Crippen molar-refractivity contribution in [3.8, 4) is 28.7 Å². The maximum atomic E-state index is 12.9. The van der Waals surface area contributed by atoms with Crippen molar-refractivity contribution in [1.29, 1.82) is 0 Å². The third-order valence-electron chi connectivity index (χ3n) is 4.71. The summed E-state index contributed by atoms with van der Waals surface area (Å²) in [4.78, 5) is 24.4. The molecule has 0 amide bonds. The van der Waals surface area contributed by atoms with E-state index < -0.39 is 5.97 Å². The number of allylic oxidation sites excluding steroid dienone is 1. The predicted octanol–water partition coefficient (Wildman–Crippen LogP) is 3.58. The molecule has 0 radical (unpaired) electrons. The van der Waals surface area contributed by atoms with E-state index in [4.69, 9.17) is 28.4 Å². The van der Waals surface area contributed by atoms with E-state index in [-0.39, 0.29) is 24.8 Å². The Kier molecular flexibility index (Phi) is 6.69. The van der Waals surface area contributed by atoms with Gasteiger partial charge in [0, 0.05) is 11.1 Å². The standard InChI is InChI=1S/C23H24O8/c1-6-29-19(24)12-30-16-10-8-15-20(25)18(31-21(15)13(16)2)11-14-7-9-17(26-3)23(28-5)22(14)27-4/h7-11H,6,12H2,1-5H3/b18-11-. The van der Waals surface area contributed by atoms with Crippen molar-refractivity contribution in [2.45, 2.75) is 13.8 Å². The van der Waals surface area contributed by atoms with E-state index in [0.29, 0.717) is 45.4 Å². The fourth-order valence-electron chi connectivity index (χ4n) is 3.24. The van der Waals surface area contributed by atoms with Crippen LogP contribution in [0.1, 0.15) is 28.4 Å². The summed E-state index contributed by atoms with van der Waals surface area (Å²) in [5, 5.41) is 0. The molecule has 2 aromatic carbocycles. The first-order valence-electron chi connectivity index (χ1n) is 9.60. The molecule has 0 bridgehead atoms. The molecule has 0 unspecified atom stereocenters. The largest absolute Gasteiger partial charge is 0.493 e. The lowest BCUT2D eigenvalue weighted by Gasteiger charge is -2.14. The highest BCUT2D eigenvalue weighted by Crippen LogP contribution is 2.43. The third kappa shape index (κ3) is 4.28. The van der Waals surface area contributed by atoms with Crippen LogP contribution in [0.25, 0.3) is 6.08 Å². The Morgan fingerprint density at radius 1 is 1.00 bits per heavy atom. The molecule has 8 nitrogen and oxygen atoms in total. The molecule has 0 atom stereocenters. The van der Waals surface area contributed by atoms with Gasteiger partial charge in [0.2, 0.25) is 11.5 Å². The first-order chi connectivity index (χ1) is 14.9. The van der Waals surface area contributed by atoms with Gasteiger partial charge in [0.25, 0.3) is 0 Å². The highest BCUT2D eigenvalue weighted by molar-refractivity contribution is 6.15. The molecule has 3 rings (SSSR count). The molecule has 0 fully saturated rings. The number of Topliss-reactive ketones (excluding diaryl/α,β-unsaturated/α-hetero) is 1. The molecule has 0 saturated heterocycles. The lowest BCUT2D eigenvalue weighted by Crippen LogP contribution is -2.15. The molecule has 1 heterocycles. The van der Waals surface area contributed by atoms with E-state index in [1.807, 2.05) is 0 Å². The van der Waals surface area contributed by atoms with E-state index in [2.05, 4.69) is 0 Å². The summed E-state index contributed by atoms with van der Waals surface area (Å²) in [5.41, 5.74) is 1.61. The summed E-state index contributed by atoms with van der Waals surface area (Å²) in [5.74, 6) is 1.54. The summed E-state index contributed by atoms with van der Waals surface area (Å²) in [7, 11) is 4.54. The second-order valence-electron chi connectivity index (χ2n) is 6.52.